The van der Waals surface area contributed by atoms with Crippen molar-refractivity contribution in [3.8, 4) is 11.5 Å². The second-order valence-corrected chi connectivity index (χ2v) is 9.02. The molecule has 2 saturated heterocycles. The van der Waals surface area contributed by atoms with Crippen molar-refractivity contribution in [2.75, 3.05) is 44.4 Å². The number of aliphatic hydroxyl groups excluding tert-OH is 2. The third kappa shape index (κ3) is 5.08. The van der Waals surface area contributed by atoms with E-state index in [9.17, 15) is 24.2 Å². The number of benzene rings is 2. The molecular formula is C25H28FN3O7. The Bertz CT molecular complexity index is 1110. The minimum atomic E-state index is -1.25. The van der Waals surface area contributed by atoms with Crippen molar-refractivity contribution in [2.45, 2.75) is 30.8 Å². The fourth-order valence-electron chi connectivity index (χ4n) is 4.66. The summed E-state index contributed by atoms with van der Waals surface area (Å²) in [6, 6.07) is 11.0. The molecule has 10 nitrogen and oxygen atoms in total. The van der Waals surface area contributed by atoms with Crippen LogP contribution in [0.25, 0.3) is 0 Å². The van der Waals surface area contributed by atoms with Crippen LogP contribution in [0.1, 0.15) is 16.8 Å². The van der Waals surface area contributed by atoms with Crippen LogP contribution < -0.4 is 19.7 Å². The molecule has 3 aliphatic heterocycles. The van der Waals surface area contributed by atoms with Gasteiger partial charge < -0.3 is 39.5 Å². The van der Waals surface area contributed by atoms with Gasteiger partial charge in [0.1, 0.15) is 24.1 Å². The van der Waals surface area contributed by atoms with Crippen LogP contribution in [0.2, 0.25) is 0 Å². The topological polar surface area (TPSA) is 121 Å². The van der Waals surface area contributed by atoms with Gasteiger partial charge in [-0.15, -0.1) is 0 Å². The first-order chi connectivity index (χ1) is 17.4. The van der Waals surface area contributed by atoms with Gasteiger partial charge in [0, 0.05) is 44.0 Å². The van der Waals surface area contributed by atoms with Crippen LogP contribution >= 0.6 is 0 Å². The van der Waals surface area contributed by atoms with Gasteiger partial charge >= 0.3 is 0 Å². The molecule has 5 rings (SSSR count). The minimum Gasteiger partial charge on any atom is -0.454 e. The lowest BCUT2D eigenvalue weighted by molar-refractivity contribution is -0.135. The number of nitrogens with one attached hydrogen (secondary N) is 1. The number of hydrogen-bond donors (Lipinski definition) is 3. The number of nitrogens with zero attached hydrogens (tertiary/aromatic N) is 2. The zero-order valence-electron chi connectivity index (χ0n) is 19.5. The molecule has 3 N–H and O–H groups in total. The van der Waals surface area contributed by atoms with Crippen molar-refractivity contribution < 1.29 is 38.4 Å². The lowest BCUT2D eigenvalue weighted by Gasteiger charge is -2.36. The summed E-state index contributed by atoms with van der Waals surface area (Å²) in [7, 11) is 0. The van der Waals surface area contributed by atoms with Gasteiger partial charge in [0.2, 0.25) is 12.7 Å². The number of amides is 2. The average Bonchev–Trinajstić information content (AvgIpc) is 3.47. The van der Waals surface area contributed by atoms with E-state index in [0.717, 1.165) is 5.69 Å². The molecule has 0 saturated carbocycles. The van der Waals surface area contributed by atoms with Crippen molar-refractivity contribution >= 4 is 17.5 Å². The lowest BCUT2D eigenvalue weighted by atomic mass is 10.0. The third-order valence-electron chi connectivity index (χ3n) is 6.76. The summed E-state index contributed by atoms with van der Waals surface area (Å²) >= 11 is 0. The van der Waals surface area contributed by atoms with Crippen LogP contribution in [0.5, 0.6) is 11.5 Å². The Morgan fingerprint density at radius 1 is 0.944 bits per heavy atom. The van der Waals surface area contributed by atoms with Crippen molar-refractivity contribution in [3.05, 3.63) is 53.8 Å². The van der Waals surface area contributed by atoms with E-state index in [1.54, 1.807) is 35.2 Å². The second-order valence-electron chi connectivity index (χ2n) is 9.02. The number of rotatable bonds is 6. The molecule has 0 bridgehead atoms. The summed E-state index contributed by atoms with van der Waals surface area (Å²) in [5, 5.41) is 23.6. The normalized spacial score (nSPS) is 25.2. The van der Waals surface area contributed by atoms with E-state index in [1.165, 1.54) is 12.1 Å². The molecule has 36 heavy (non-hydrogen) atoms. The maximum atomic E-state index is 13.2. The van der Waals surface area contributed by atoms with Gasteiger partial charge in [-0.25, -0.2) is 4.39 Å². The highest BCUT2D eigenvalue weighted by Crippen LogP contribution is 2.32. The van der Waals surface area contributed by atoms with Crippen molar-refractivity contribution in [1.29, 1.82) is 0 Å². The molecule has 3 heterocycles. The number of carbonyl (C=O) groups excluding carboxylic acids is 2. The van der Waals surface area contributed by atoms with E-state index >= 15 is 0 Å². The van der Waals surface area contributed by atoms with Crippen LogP contribution in [-0.4, -0.2) is 90.9 Å². The van der Waals surface area contributed by atoms with E-state index in [0.29, 0.717) is 43.2 Å². The number of hydrogen-bond acceptors (Lipinski definition) is 8. The van der Waals surface area contributed by atoms with Gasteiger partial charge in [0.25, 0.3) is 5.91 Å². The fraction of sp³-hybridized carbons (Fsp3) is 0.440. The number of halogens is 1. The van der Waals surface area contributed by atoms with Crippen molar-refractivity contribution in [3.63, 3.8) is 0 Å². The Hall–Kier alpha value is -3.41. The lowest BCUT2D eigenvalue weighted by Crippen LogP contribution is -2.49. The zero-order valence-corrected chi connectivity index (χ0v) is 19.5. The Morgan fingerprint density at radius 3 is 2.39 bits per heavy atom. The third-order valence-corrected chi connectivity index (χ3v) is 6.76. The largest absolute Gasteiger partial charge is 0.454 e. The van der Waals surface area contributed by atoms with E-state index < -0.39 is 30.3 Å². The summed E-state index contributed by atoms with van der Waals surface area (Å²) < 4.78 is 29.4. The quantitative estimate of drug-likeness (QED) is 0.524. The first kappa shape index (κ1) is 24.3. The number of fused-ring (bicyclic) bond motifs is 1. The van der Waals surface area contributed by atoms with Crippen LogP contribution in [-0.2, 0) is 9.53 Å². The molecular weight excluding hydrogens is 473 g/mol. The van der Waals surface area contributed by atoms with Crippen molar-refractivity contribution in [2.24, 2.45) is 0 Å². The monoisotopic (exact) mass is 501 g/mol. The molecule has 2 aromatic rings. The molecule has 3 aliphatic rings. The zero-order chi connectivity index (χ0) is 25.2. The van der Waals surface area contributed by atoms with E-state index in [4.69, 9.17) is 14.2 Å². The molecule has 2 amide bonds. The molecule has 0 unspecified atom stereocenters. The van der Waals surface area contributed by atoms with Gasteiger partial charge in [-0.2, -0.15) is 0 Å². The Balaban J connectivity index is 1.10. The summed E-state index contributed by atoms with van der Waals surface area (Å²) in [6.07, 6.45) is -4.31. The number of aliphatic hydroxyl groups is 2. The molecule has 192 valence electrons. The molecule has 4 atom stereocenters. The van der Waals surface area contributed by atoms with Crippen molar-refractivity contribution in [1.82, 2.24) is 10.2 Å². The van der Waals surface area contributed by atoms with Crippen LogP contribution in [0.15, 0.2) is 42.5 Å². The van der Waals surface area contributed by atoms with Crippen LogP contribution in [0.4, 0.5) is 10.1 Å². The van der Waals surface area contributed by atoms with Gasteiger partial charge in [0.15, 0.2) is 11.5 Å². The summed E-state index contributed by atoms with van der Waals surface area (Å²) in [5.41, 5.74) is 1.26. The van der Waals surface area contributed by atoms with E-state index in [2.05, 4.69) is 10.2 Å². The predicted octanol–water partition coefficient (Wildman–Crippen LogP) is 0.512. The maximum absolute atomic E-state index is 13.2. The van der Waals surface area contributed by atoms with Gasteiger partial charge in [-0.05, 0) is 42.5 Å². The van der Waals surface area contributed by atoms with Gasteiger partial charge in [-0.1, -0.05) is 0 Å². The molecule has 0 aliphatic carbocycles. The smallest absolute Gasteiger partial charge is 0.251 e. The highest BCUT2D eigenvalue weighted by atomic mass is 19.1. The Morgan fingerprint density at radius 2 is 1.64 bits per heavy atom. The number of ether oxygens (including phenoxy) is 3. The van der Waals surface area contributed by atoms with E-state index in [1.807, 2.05) is 0 Å². The standard InChI is InChI=1S/C25H28FN3O7/c26-16-2-4-17(5-3-16)28-7-9-29(10-8-28)22(30)12-20-23(31)24(32)21(36-20)13-27-25(33)15-1-6-18-19(11-15)35-14-34-18/h1-6,11,20-21,23-24,31-32H,7-10,12-14H2,(H,27,33)/t20-,21-,23+,24-/m1/s1. The number of anilines is 1. The predicted molar refractivity (Wildman–Crippen MR) is 125 cm³/mol. The molecule has 0 radical (unpaired) electrons. The summed E-state index contributed by atoms with van der Waals surface area (Å²) in [6.45, 7) is 2.23. The van der Waals surface area contributed by atoms with Crippen LogP contribution in [0, 0.1) is 5.82 Å². The summed E-state index contributed by atoms with van der Waals surface area (Å²) in [4.78, 5) is 29.1. The Labute approximate surface area is 207 Å². The summed E-state index contributed by atoms with van der Waals surface area (Å²) in [5.74, 6) is 0.170. The fourth-order valence-corrected chi connectivity index (χ4v) is 4.66. The first-order valence-electron chi connectivity index (χ1n) is 11.9. The molecule has 0 spiro atoms. The Kier molecular flexibility index (Phi) is 6.95. The number of carbonyl (C=O) groups is 2. The first-order valence-corrected chi connectivity index (χ1v) is 11.9. The molecule has 0 aromatic heterocycles. The molecule has 11 heteroatoms. The molecule has 2 aromatic carbocycles. The average molecular weight is 502 g/mol. The second kappa shape index (κ2) is 10.3. The number of piperazine rings is 1. The van der Waals surface area contributed by atoms with Gasteiger partial charge in [0.05, 0.1) is 12.5 Å². The molecule has 2 fully saturated rings. The highest BCUT2D eigenvalue weighted by Gasteiger charge is 2.44. The highest BCUT2D eigenvalue weighted by molar-refractivity contribution is 5.95. The van der Waals surface area contributed by atoms with Gasteiger partial charge in [-0.3, -0.25) is 9.59 Å². The van der Waals surface area contributed by atoms with E-state index in [-0.39, 0.29) is 31.5 Å². The SMILES string of the molecule is O=C(NC[C@H]1O[C@H](CC(=O)N2CCN(c3ccc(F)cc3)CC2)[C@H](O)[C@@H]1O)c1ccc2c(c1)OCO2. The van der Waals surface area contributed by atoms with Crippen LogP contribution in [0.3, 0.4) is 0 Å². The maximum Gasteiger partial charge on any atom is 0.251 e. The minimum absolute atomic E-state index is 0.0352.